The summed E-state index contributed by atoms with van der Waals surface area (Å²) in [6.45, 7) is 1.91. The molecule has 1 aromatic heterocycles. The van der Waals surface area contributed by atoms with Crippen LogP contribution in [0, 0.1) is 6.92 Å². The van der Waals surface area contributed by atoms with E-state index in [0.717, 1.165) is 28.8 Å². The van der Waals surface area contributed by atoms with Crippen molar-refractivity contribution < 1.29 is 4.42 Å². The maximum Gasteiger partial charge on any atom is 0.292 e. The molecule has 0 aliphatic heterocycles. The highest BCUT2D eigenvalue weighted by Crippen LogP contribution is 2.19. The predicted molar refractivity (Wildman–Crippen MR) is 67.2 cm³/mol. The molecule has 1 heterocycles. The van der Waals surface area contributed by atoms with Gasteiger partial charge in [-0.25, -0.2) is 0 Å². The molecular formula is C12H13BrN2O. The number of aryl methyl sites for hydroxylation is 3. The van der Waals surface area contributed by atoms with Crippen LogP contribution in [0.15, 0.2) is 33.2 Å². The first-order chi connectivity index (χ1) is 7.66. The Morgan fingerprint density at radius 2 is 2.06 bits per heavy atom. The Kier molecular flexibility index (Phi) is 3.29. The number of oxazole rings is 1. The Bertz CT molecular complexity index is 494. The Hall–Kier alpha value is -1.29. The minimum atomic E-state index is 0.250. The molecule has 0 amide bonds. The molecule has 0 unspecified atom stereocenters. The topological polar surface area (TPSA) is 52.0 Å². The van der Waals surface area contributed by atoms with Crippen LogP contribution in [-0.4, -0.2) is 4.98 Å². The standard InChI is InChI=1S/C12H13BrN2O/c1-8-11(16-12(14)15-8)7-6-9-4-2-3-5-10(9)13/h2-5H,6-7H2,1H3,(H2,14,15). The second-order valence-corrected chi connectivity index (χ2v) is 4.51. The van der Waals surface area contributed by atoms with Crippen molar-refractivity contribution in [2.24, 2.45) is 0 Å². The van der Waals surface area contributed by atoms with Crippen LogP contribution < -0.4 is 5.73 Å². The van der Waals surface area contributed by atoms with E-state index >= 15 is 0 Å². The van der Waals surface area contributed by atoms with Crippen LogP contribution in [0.25, 0.3) is 0 Å². The van der Waals surface area contributed by atoms with Crippen LogP contribution in [-0.2, 0) is 12.8 Å². The van der Waals surface area contributed by atoms with Gasteiger partial charge in [-0.3, -0.25) is 0 Å². The number of hydrogen-bond acceptors (Lipinski definition) is 3. The van der Waals surface area contributed by atoms with Crippen LogP contribution in [0.1, 0.15) is 17.0 Å². The van der Waals surface area contributed by atoms with E-state index in [-0.39, 0.29) is 6.01 Å². The summed E-state index contributed by atoms with van der Waals surface area (Å²) in [6.07, 6.45) is 1.73. The summed E-state index contributed by atoms with van der Waals surface area (Å²) in [7, 11) is 0. The van der Waals surface area contributed by atoms with Gasteiger partial charge in [0.25, 0.3) is 6.01 Å². The lowest BCUT2D eigenvalue weighted by atomic mass is 10.1. The lowest BCUT2D eigenvalue weighted by molar-refractivity contribution is 0.519. The van der Waals surface area contributed by atoms with Crippen molar-refractivity contribution in [2.45, 2.75) is 19.8 Å². The van der Waals surface area contributed by atoms with E-state index in [2.05, 4.69) is 27.0 Å². The molecule has 0 bridgehead atoms. The van der Waals surface area contributed by atoms with Gasteiger partial charge in [0, 0.05) is 10.9 Å². The summed E-state index contributed by atoms with van der Waals surface area (Å²) < 4.78 is 6.45. The van der Waals surface area contributed by atoms with Crippen molar-refractivity contribution in [2.75, 3.05) is 5.73 Å². The molecule has 0 fully saturated rings. The van der Waals surface area contributed by atoms with Gasteiger partial charge < -0.3 is 10.2 Å². The summed E-state index contributed by atoms with van der Waals surface area (Å²) in [5.74, 6) is 0.869. The van der Waals surface area contributed by atoms with Gasteiger partial charge in [0.05, 0.1) is 5.69 Å². The number of nitrogen functional groups attached to an aromatic ring is 1. The van der Waals surface area contributed by atoms with Crippen LogP contribution in [0.3, 0.4) is 0 Å². The normalized spacial score (nSPS) is 10.6. The van der Waals surface area contributed by atoms with Gasteiger partial charge in [-0.05, 0) is 25.0 Å². The minimum absolute atomic E-state index is 0.250. The highest BCUT2D eigenvalue weighted by atomic mass is 79.9. The maximum absolute atomic E-state index is 5.49. The number of aromatic nitrogens is 1. The van der Waals surface area contributed by atoms with E-state index in [0.29, 0.717) is 0 Å². The molecule has 0 aliphatic rings. The second kappa shape index (κ2) is 4.70. The van der Waals surface area contributed by atoms with Gasteiger partial charge in [0.2, 0.25) is 0 Å². The molecule has 84 valence electrons. The molecule has 0 spiro atoms. The summed E-state index contributed by atoms with van der Waals surface area (Å²) in [6, 6.07) is 8.42. The summed E-state index contributed by atoms with van der Waals surface area (Å²) in [4.78, 5) is 4.05. The zero-order valence-electron chi connectivity index (χ0n) is 9.03. The van der Waals surface area contributed by atoms with Crippen molar-refractivity contribution >= 4 is 21.9 Å². The Labute approximate surface area is 103 Å². The summed E-state index contributed by atoms with van der Waals surface area (Å²) >= 11 is 3.52. The molecule has 0 atom stereocenters. The van der Waals surface area contributed by atoms with E-state index in [1.165, 1.54) is 5.56 Å². The fourth-order valence-corrected chi connectivity index (χ4v) is 2.11. The van der Waals surface area contributed by atoms with Gasteiger partial charge in [-0.1, -0.05) is 34.1 Å². The number of hydrogen-bond donors (Lipinski definition) is 1. The average Bonchev–Trinajstić information content (AvgIpc) is 2.56. The number of anilines is 1. The fourth-order valence-electron chi connectivity index (χ4n) is 1.63. The van der Waals surface area contributed by atoms with Crippen molar-refractivity contribution in [1.29, 1.82) is 0 Å². The molecule has 0 saturated carbocycles. The van der Waals surface area contributed by atoms with Crippen molar-refractivity contribution in [3.63, 3.8) is 0 Å². The SMILES string of the molecule is Cc1nc(N)oc1CCc1ccccc1Br. The molecule has 2 N–H and O–H groups in total. The molecule has 2 rings (SSSR count). The summed E-state index contributed by atoms with van der Waals surface area (Å²) in [5.41, 5.74) is 7.63. The first-order valence-corrected chi connectivity index (χ1v) is 5.91. The van der Waals surface area contributed by atoms with E-state index in [4.69, 9.17) is 10.2 Å². The third-order valence-corrected chi connectivity index (χ3v) is 3.26. The monoisotopic (exact) mass is 280 g/mol. The smallest absolute Gasteiger partial charge is 0.292 e. The molecule has 0 saturated heterocycles. The molecule has 4 heteroatoms. The number of halogens is 1. The van der Waals surface area contributed by atoms with Gasteiger partial charge in [-0.2, -0.15) is 4.98 Å². The molecule has 16 heavy (non-hydrogen) atoms. The Morgan fingerprint density at radius 3 is 2.69 bits per heavy atom. The first-order valence-electron chi connectivity index (χ1n) is 5.12. The summed E-state index contributed by atoms with van der Waals surface area (Å²) in [5, 5.41) is 0. The Balaban J connectivity index is 2.08. The van der Waals surface area contributed by atoms with Crippen LogP contribution in [0.5, 0.6) is 0 Å². The Morgan fingerprint density at radius 1 is 1.31 bits per heavy atom. The minimum Gasteiger partial charge on any atom is -0.429 e. The average molecular weight is 281 g/mol. The highest BCUT2D eigenvalue weighted by Gasteiger charge is 2.08. The van der Waals surface area contributed by atoms with E-state index in [1.807, 2.05) is 25.1 Å². The molecule has 0 radical (unpaired) electrons. The van der Waals surface area contributed by atoms with Crippen LogP contribution >= 0.6 is 15.9 Å². The molecule has 1 aromatic carbocycles. The highest BCUT2D eigenvalue weighted by molar-refractivity contribution is 9.10. The lowest BCUT2D eigenvalue weighted by Gasteiger charge is -2.02. The van der Waals surface area contributed by atoms with Crippen molar-refractivity contribution in [3.8, 4) is 0 Å². The molecule has 3 nitrogen and oxygen atoms in total. The van der Waals surface area contributed by atoms with Crippen molar-refractivity contribution in [1.82, 2.24) is 4.98 Å². The predicted octanol–water partition coefficient (Wildman–Crippen LogP) is 3.11. The van der Waals surface area contributed by atoms with Crippen LogP contribution in [0.4, 0.5) is 6.01 Å². The first kappa shape index (κ1) is 11.2. The van der Waals surface area contributed by atoms with Gasteiger partial charge in [0.1, 0.15) is 5.76 Å². The number of benzene rings is 1. The third kappa shape index (κ3) is 2.44. The van der Waals surface area contributed by atoms with E-state index < -0.39 is 0 Å². The zero-order valence-corrected chi connectivity index (χ0v) is 10.6. The zero-order chi connectivity index (χ0) is 11.5. The van der Waals surface area contributed by atoms with Crippen molar-refractivity contribution in [3.05, 3.63) is 45.8 Å². The third-order valence-electron chi connectivity index (χ3n) is 2.49. The second-order valence-electron chi connectivity index (χ2n) is 3.65. The lowest BCUT2D eigenvalue weighted by Crippen LogP contribution is -1.92. The molecule has 0 aliphatic carbocycles. The van der Waals surface area contributed by atoms with Gasteiger partial charge in [0.15, 0.2) is 0 Å². The number of nitrogens with two attached hydrogens (primary N) is 1. The number of nitrogens with zero attached hydrogens (tertiary/aromatic N) is 1. The van der Waals surface area contributed by atoms with Gasteiger partial charge in [-0.15, -0.1) is 0 Å². The molecular weight excluding hydrogens is 268 g/mol. The van der Waals surface area contributed by atoms with Gasteiger partial charge >= 0.3 is 0 Å². The molecule has 2 aromatic rings. The van der Waals surface area contributed by atoms with E-state index in [9.17, 15) is 0 Å². The fraction of sp³-hybridized carbons (Fsp3) is 0.250. The van der Waals surface area contributed by atoms with E-state index in [1.54, 1.807) is 0 Å². The largest absolute Gasteiger partial charge is 0.429 e. The number of rotatable bonds is 3. The van der Waals surface area contributed by atoms with Crippen LogP contribution in [0.2, 0.25) is 0 Å². The maximum atomic E-state index is 5.49. The quantitative estimate of drug-likeness (QED) is 0.940.